The maximum absolute atomic E-state index is 10.5. The maximum atomic E-state index is 10.5. The molecule has 3 aromatic carbocycles. The molecule has 0 bridgehead atoms. The fourth-order valence-electron chi connectivity index (χ4n) is 2.37. The summed E-state index contributed by atoms with van der Waals surface area (Å²) in [5.74, 6) is 0. The van der Waals surface area contributed by atoms with Gasteiger partial charge in [-0.2, -0.15) is 0 Å². The average Bonchev–Trinajstić information content (AvgIpc) is 2.99. The molecule has 4 aromatic rings. The highest BCUT2D eigenvalue weighted by Crippen LogP contribution is 2.20. The maximum Gasteiger partial charge on any atom is 0.384 e. The average molecular weight is 385 g/mol. The quantitative estimate of drug-likeness (QED) is 0.391. The van der Waals surface area contributed by atoms with Gasteiger partial charge in [-0.1, -0.05) is 72.8 Å². The lowest BCUT2D eigenvalue weighted by atomic mass is 10.1. The van der Waals surface area contributed by atoms with E-state index in [-0.39, 0.29) is 4.84 Å². The number of fused-ring (bicyclic) bond motifs is 1. The molecule has 5 nitrogen and oxygen atoms in total. The Labute approximate surface area is 156 Å². The molecule has 132 valence electrons. The van der Waals surface area contributed by atoms with Gasteiger partial charge in [-0.3, -0.25) is 0 Å². The van der Waals surface area contributed by atoms with Crippen LogP contribution < -0.4 is 4.62 Å². The molecule has 1 unspecified atom stereocenters. The van der Waals surface area contributed by atoms with Crippen LogP contribution in [0.2, 0.25) is 0 Å². The SMILES string of the molecule is O=[PH](O)On1c(=S)oc2ccccc21.c1ccc(-c2ccccc2)cc1. The topological polar surface area (TPSA) is 64.6 Å². The minimum absolute atomic E-state index is 0.0126. The van der Waals surface area contributed by atoms with Gasteiger partial charge in [0.1, 0.15) is 5.52 Å². The summed E-state index contributed by atoms with van der Waals surface area (Å²) in [5, 5.41) is 0. The molecule has 0 amide bonds. The summed E-state index contributed by atoms with van der Waals surface area (Å²) in [5.41, 5.74) is 3.60. The molecule has 0 aliphatic carbocycles. The number of rotatable bonds is 3. The zero-order valence-electron chi connectivity index (χ0n) is 13.6. The zero-order valence-corrected chi connectivity index (χ0v) is 15.4. The standard InChI is InChI=1S/C12H10.C7H6NO4PS/c1-3-7-11(8-4-1)12-9-5-2-6-10-12;9-13(10)12-8-5-3-1-2-4-6(5)11-7(8)14/h1-10H;1-4,13H,(H,9,10). The highest BCUT2D eigenvalue weighted by atomic mass is 32.1. The number of oxazole rings is 1. The van der Waals surface area contributed by atoms with E-state index in [9.17, 15) is 4.57 Å². The van der Waals surface area contributed by atoms with Crippen LogP contribution >= 0.6 is 20.5 Å². The molecule has 7 heteroatoms. The molecule has 0 spiro atoms. The molecule has 4 rings (SSSR count). The Morgan fingerprint density at radius 1 is 0.846 bits per heavy atom. The monoisotopic (exact) mass is 385 g/mol. The number of hydrogen-bond donors (Lipinski definition) is 1. The molecule has 1 aromatic heterocycles. The third kappa shape index (κ3) is 4.49. The Hall–Kier alpha value is -2.66. The van der Waals surface area contributed by atoms with E-state index in [4.69, 9.17) is 21.5 Å². The van der Waals surface area contributed by atoms with Crippen LogP contribution in [0.3, 0.4) is 0 Å². The summed E-state index contributed by atoms with van der Waals surface area (Å²) in [4.78, 5) is 8.64. The van der Waals surface area contributed by atoms with E-state index in [1.54, 1.807) is 24.3 Å². The van der Waals surface area contributed by atoms with Crippen LogP contribution in [0, 0.1) is 4.84 Å². The van der Waals surface area contributed by atoms with Crippen LogP contribution in [0.15, 0.2) is 89.3 Å². The molecule has 26 heavy (non-hydrogen) atoms. The Bertz CT molecular complexity index is 1020. The molecule has 0 saturated heterocycles. The molecule has 0 aliphatic heterocycles. The van der Waals surface area contributed by atoms with E-state index in [0.29, 0.717) is 11.1 Å². The molecule has 0 aliphatic rings. The lowest BCUT2D eigenvalue weighted by molar-refractivity contribution is 0.242. The van der Waals surface area contributed by atoms with Gasteiger partial charge in [-0.15, -0.1) is 4.73 Å². The molecular formula is C19H16NO4PS. The van der Waals surface area contributed by atoms with E-state index in [2.05, 4.69) is 53.2 Å². The second-order valence-electron chi connectivity index (χ2n) is 5.22. The van der Waals surface area contributed by atoms with Gasteiger partial charge in [0.05, 0.1) is 0 Å². The molecule has 0 radical (unpaired) electrons. The van der Waals surface area contributed by atoms with Crippen molar-refractivity contribution in [2.45, 2.75) is 0 Å². The summed E-state index contributed by atoms with van der Waals surface area (Å²) in [7, 11) is -3.08. The fraction of sp³-hybridized carbons (Fsp3) is 0. The van der Waals surface area contributed by atoms with E-state index < -0.39 is 8.25 Å². The van der Waals surface area contributed by atoms with E-state index in [1.165, 1.54) is 11.1 Å². The van der Waals surface area contributed by atoms with Crippen molar-refractivity contribution in [1.82, 2.24) is 4.73 Å². The first kappa shape index (κ1) is 18.1. The summed E-state index contributed by atoms with van der Waals surface area (Å²) < 4.78 is 21.3. The van der Waals surface area contributed by atoms with Gasteiger partial charge in [-0.05, 0) is 35.5 Å². The second-order valence-corrected chi connectivity index (χ2v) is 6.28. The zero-order chi connectivity index (χ0) is 18.4. The van der Waals surface area contributed by atoms with Crippen molar-refractivity contribution in [2.75, 3.05) is 0 Å². The van der Waals surface area contributed by atoms with Crippen LogP contribution in [0.4, 0.5) is 0 Å². The van der Waals surface area contributed by atoms with Gasteiger partial charge in [0, 0.05) is 0 Å². The number of nitrogens with zero attached hydrogens (tertiary/aromatic N) is 1. The molecule has 0 saturated carbocycles. The summed E-state index contributed by atoms with van der Waals surface area (Å²) in [6, 6.07) is 27.7. The van der Waals surface area contributed by atoms with Gasteiger partial charge >= 0.3 is 13.1 Å². The first-order chi connectivity index (χ1) is 12.6. The number of benzene rings is 3. The predicted molar refractivity (Wildman–Crippen MR) is 105 cm³/mol. The molecular weight excluding hydrogens is 369 g/mol. The lowest BCUT2D eigenvalue weighted by Gasteiger charge is -1.99. The molecule has 1 heterocycles. The van der Waals surface area contributed by atoms with Crippen molar-refractivity contribution >= 4 is 31.6 Å². The Balaban J connectivity index is 0.000000152. The Morgan fingerprint density at radius 3 is 1.88 bits per heavy atom. The summed E-state index contributed by atoms with van der Waals surface area (Å²) in [6.07, 6.45) is 0. The minimum Gasteiger partial charge on any atom is -0.427 e. The van der Waals surface area contributed by atoms with Crippen LogP contribution in [-0.4, -0.2) is 9.62 Å². The third-order valence-corrected chi connectivity index (χ3v) is 4.09. The number of aromatic nitrogens is 1. The Kier molecular flexibility index (Phi) is 6.02. The number of para-hydroxylation sites is 2. The van der Waals surface area contributed by atoms with Crippen molar-refractivity contribution in [2.24, 2.45) is 0 Å². The third-order valence-electron chi connectivity index (χ3n) is 3.50. The summed E-state index contributed by atoms with van der Waals surface area (Å²) in [6.45, 7) is 0. The van der Waals surface area contributed by atoms with Crippen LogP contribution in [0.1, 0.15) is 0 Å². The van der Waals surface area contributed by atoms with Crippen LogP contribution in [0.5, 0.6) is 0 Å². The highest BCUT2D eigenvalue weighted by Gasteiger charge is 2.07. The van der Waals surface area contributed by atoms with E-state index in [0.717, 1.165) is 4.73 Å². The van der Waals surface area contributed by atoms with Crippen molar-refractivity contribution in [3.8, 4) is 11.1 Å². The fourth-order valence-corrected chi connectivity index (χ4v) is 3.00. The van der Waals surface area contributed by atoms with Crippen LogP contribution in [-0.2, 0) is 4.57 Å². The van der Waals surface area contributed by atoms with Crippen LogP contribution in [0.25, 0.3) is 22.2 Å². The van der Waals surface area contributed by atoms with Gasteiger partial charge in [0.2, 0.25) is 0 Å². The van der Waals surface area contributed by atoms with Crippen molar-refractivity contribution in [1.29, 1.82) is 0 Å². The predicted octanol–water partition coefficient (Wildman–Crippen LogP) is 5.13. The molecule has 1 atom stereocenters. The van der Waals surface area contributed by atoms with Crippen molar-refractivity contribution in [3.63, 3.8) is 0 Å². The summed E-state index contributed by atoms with van der Waals surface area (Å²) >= 11 is 4.81. The largest absolute Gasteiger partial charge is 0.427 e. The van der Waals surface area contributed by atoms with Gasteiger partial charge in [0.15, 0.2) is 5.58 Å². The lowest BCUT2D eigenvalue weighted by Crippen LogP contribution is -2.02. The van der Waals surface area contributed by atoms with Gasteiger partial charge < -0.3 is 13.9 Å². The smallest absolute Gasteiger partial charge is 0.384 e. The first-order valence-corrected chi connectivity index (χ1v) is 9.44. The first-order valence-electron chi connectivity index (χ1n) is 7.77. The van der Waals surface area contributed by atoms with E-state index in [1.807, 2.05) is 12.1 Å². The minimum atomic E-state index is -3.08. The Morgan fingerprint density at radius 2 is 1.35 bits per heavy atom. The van der Waals surface area contributed by atoms with Gasteiger partial charge in [0.25, 0.3) is 0 Å². The van der Waals surface area contributed by atoms with Crippen molar-refractivity contribution < 1.29 is 18.5 Å². The van der Waals surface area contributed by atoms with Crippen molar-refractivity contribution in [3.05, 3.63) is 89.8 Å². The van der Waals surface area contributed by atoms with E-state index >= 15 is 0 Å². The second kappa shape index (κ2) is 8.63. The molecule has 0 fully saturated rings. The highest BCUT2D eigenvalue weighted by molar-refractivity contribution is 7.71. The molecule has 1 N–H and O–H groups in total. The normalized spacial score (nSPS) is 11.4. The number of hydrogen-bond acceptors (Lipinski definition) is 4. The van der Waals surface area contributed by atoms with Gasteiger partial charge in [-0.25, -0.2) is 4.57 Å².